The molecule has 0 N–H and O–H groups in total. The van der Waals surface area contributed by atoms with Crippen molar-refractivity contribution < 1.29 is 4.39 Å². The summed E-state index contributed by atoms with van der Waals surface area (Å²) in [6.45, 7) is 0. The van der Waals surface area contributed by atoms with Gasteiger partial charge in [0.25, 0.3) is 0 Å². The second-order valence-corrected chi connectivity index (χ2v) is 5.20. The minimum atomic E-state index is -0.173. The van der Waals surface area contributed by atoms with E-state index in [1.165, 1.54) is 10.9 Å². The van der Waals surface area contributed by atoms with Gasteiger partial charge in [0.15, 0.2) is 0 Å². The molecule has 1 aromatic carbocycles. The molecule has 0 amide bonds. The number of rotatable bonds is 4. The van der Waals surface area contributed by atoms with Gasteiger partial charge in [-0.1, -0.05) is 28.1 Å². The summed E-state index contributed by atoms with van der Waals surface area (Å²) in [5.41, 5.74) is 2.86. The van der Waals surface area contributed by atoms with Crippen LogP contribution in [-0.4, -0.2) is 10.3 Å². The fourth-order valence-corrected chi connectivity index (χ4v) is 2.89. The monoisotopic (exact) mass is 299 g/mol. The highest BCUT2D eigenvalue weighted by atomic mass is 79.9. The van der Waals surface area contributed by atoms with Crippen LogP contribution < -0.4 is 0 Å². The molecule has 0 radical (unpaired) electrons. The summed E-state index contributed by atoms with van der Waals surface area (Å²) in [7, 11) is 0. The van der Waals surface area contributed by atoms with Crippen LogP contribution in [0.25, 0.3) is 0 Å². The van der Waals surface area contributed by atoms with Gasteiger partial charge in [-0.15, -0.1) is 11.3 Å². The molecular formula is C12H11BrFNS. The smallest absolute Gasteiger partial charge is 0.123 e. The van der Waals surface area contributed by atoms with Crippen LogP contribution in [-0.2, 0) is 6.42 Å². The number of benzene rings is 1. The lowest BCUT2D eigenvalue weighted by atomic mass is 9.97. The molecule has 0 saturated heterocycles. The highest BCUT2D eigenvalue weighted by molar-refractivity contribution is 9.09. The number of hydrogen-bond acceptors (Lipinski definition) is 2. The van der Waals surface area contributed by atoms with Crippen LogP contribution in [0.1, 0.15) is 16.4 Å². The van der Waals surface area contributed by atoms with Crippen LogP contribution >= 0.6 is 27.3 Å². The van der Waals surface area contributed by atoms with E-state index in [0.717, 1.165) is 17.3 Å². The van der Waals surface area contributed by atoms with Crippen molar-refractivity contribution in [3.05, 3.63) is 52.2 Å². The van der Waals surface area contributed by atoms with Gasteiger partial charge in [-0.05, 0) is 30.0 Å². The van der Waals surface area contributed by atoms with E-state index in [2.05, 4.69) is 20.9 Å². The Balaban J connectivity index is 2.16. The van der Waals surface area contributed by atoms with Gasteiger partial charge in [-0.2, -0.15) is 0 Å². The lowest BCUT2D eigenvalue weighted by Crippen LogP contribution is -2.03. The Kier molecular flexibility index (Phi) is 4.07. The number of nitrogens with zero attached hydrogens (tertiary/aromatic N) is 1. The van der Waals surface area contributed by atoms with Gasteiger partial charge in [-0.3, -0.25) is 4.98 Å². The molecule has 4 heteroatoms. The van der Waals surface area contributed by atoms with Crippen molar-refractivity contribution in [3.63, 3.8) is 0 Å². The van der Waals surface area contributed by atoms with Gasteiger partial charge in [-0.25, -0.2) is 4.39 Å². The predicted molar refractivity (Wildman–Crippen MR) is 68.8 cm³/mol. The van der Waals surface area contributed by atoms with E-state index in [4.69, 9.17) is 0 Å². The normalized spacial score (nSPS) is 12.6. The largest absolute Gasteiger partial charge is 0.253 e. The molecule has 0 saturated carbocycles. The van der Waals surface area contributed by atoms with Crippen molar-refractivity contribution in [1.29, 1.82) is 0 Å². The van der Waals surface area contributed by atoms with Crippen LogP contribution in [0, 0.1) is 5.82 Å². The minimum absolute atomic E-state index is 0.173. The molecule has 0 aliphatic heterocycles. The first-order valence-electron chi connectivity index (χ1n) is 4.98. The number of thiazole rings is 1. The number of hydrogen-bond donors (Lipinski definition) is 0. The van der Waals surface area contributed by atoms with Crippen LogP contribution in [0.15, 0.2) is 36.0 Å². The highest BCUT2D eigenvalue weighted by Gasteiger charge is 2.12. The second kappa shape index (κ2) is 5.55. The van der Waals surface area contributed by atoms with Crippen molar-refractivity contribution in [2.24, 2.45) is 0 Å². The zero-order valence-electron chi connectivity index (χ0n) is 8.57. The number of aromatic nitrogens is 1. The van der Waals surface area contributed by atoms with Gasteiger partial charge in [0.1, 0.15) is 5.82 Å². The molecule has 1 unspecified atom stereocenters. The molecule has 0 aliphatic carbocycles. The SMILES string of the molecule is Fc1cccc(C(CBr)Cc2cncs2)c1. The van der Waals surface area contributed by atoms with E-state index in [1.54, 1.807) is 23.5 Å². The highest BCUT2D eigenvalue weighted by Crippen LogP contribution is 2.25. The molecule has 1 atom stereocenters. The van der Waals surface area contributed by atoms with Gasteiger partial charge < -0.3 is 0 Å². The molecule has 2 rings (SSSR count). The van der Waals surface area contributed by atoms with E-state index >= 15 is 0 Å². The van der Waals surface area contributed by atoms with Crippen molar-refractivity contribution in [1.82, 2.24) is 4.98 Å². The number of halogens is 2. The van der Waals surface area contributed by atoms with E-state index in [9.17, 15) is 4.39 Å². The molecule has 16 heavy (non-hydrogen) atoms. The number of alkyl halides is 1. The summed E-state index contributed by atoms with van der Waals surface area (Å²) in [4.78, 5) is 5.28. The fraction of sp³-hybridized carbons (Fsp3) is 0.250. The Labute approximate surface area is 106 Å². The molecule has 0 bridgehead atoms. The van der Waals surface area contributed by atoms with Gasteiger partial charge in [0, 0.05) is 16.4 Å². The van der Waals surface area contributed by atoms with Crippen molar-refractivity contribution >= 4 is 27.3 Å². The Hall–Kier alpha value is -0.740. The third-order valence-corrected chi connectivity index (χ3v) is 4.02. The third-order valence-electron chi connectivity index (χ3n) is 2.44. The summed E-state index contributed by atoms with van der Waals surface area (Å²) < 4.78 is 13.1. The van der Waals surface area contributed by atoms with Gasteiger partial charge in [0.05, 0.1) is 5.51 Å². The average molecular weight is 300 g/mol. The maximum atomic E-state index is 13.1. The maximum absolute atomic E-state index is 13.1. The summed E-state index contributed by atoms with van der Waals surface area (Å²) in [5, 5.41) is 0.828. The lowest BCUT2D eigenvalue weighted by molar-refractivity contribution is 0.622. The van der Waals surface area contributed by atoms with E-state index in [0.29, 0.717) is 5.92 Å². The molecular weight excluding hydrogens is 289 g/mol. The molecule has 1 nitrogen and oxygen atoms in total. The summed E-state index contributed by atoms with van der Waals surface area (Å²) in [5.74, 6) is 0.129. The summed E-state index contributed by atoms with van der Waals surface area (Å²) >= 11 is 5.12. The topological polar surface area (TPSA) is 12.9 Å². The molecule has 1 heterocycles. The summed E-state index contributed by atoms with van der Waals surface area (Å²) in [6, 6.07) is 6.80. The van der Waals surface area contributed by atoms with E-state index in [-0.39, 0.29) is 5.82 Å². The van der Waals surface area contributed by atoms with Crippen molar-refractivity contribution in [3.8, 4) is 0 Å². The van der Waals surface area contributed by atoms with Crippen molar-refractivity contribution in [2.45, 2.75) is 12.3 Å². The molecule has 0 fully saturated rings. The molecule has 2 aromatic rings. The Morgan fingerprint density at radius 2 is 2.31 bits per heavy atom. The predicted octanol–water partition coefficient (Wildman–Crippen LogP) is 4.00. The van der Waals surface area contributed by atoms with Crippen LogP contribution in [0.3, 0.4) is 0 Å². The van der Waals surface area contributed by atoms with Crippen LogP contribution in [0.2, 0.25) is 0 Å². The Bertz CT molecular complexity index is 444. The minimum Gasteiger partial charge on any atom is -0.253 e. The maximum Gasteiger partial charge on any atom is 0.123 e. The molecule has 1 aromatic heterocycles. The van der Waals surface area contributed by atoms with Crippen LogP contribution in [0.5, 0.6) is 0 Å². The first kappa shape index (κ1) is 11.7. The molecule has 84 valence electrons. The Morgan fingerprint density at radius 1 is 1.44 bits per heavy atom. The second-order valence-electron chi connectivity index (χ2n) is 3.58. The summed E-state index contributed by atoms with van der Waals surface area (Å²) in [6.07, 6.45) is 2.78. The standard InChI is InChI=1S/C12H11BrFNS/c13-6-10(5-12-7-15-8-16-12)9-2-1-3-11(14)4-9/h1-4,7-8,10H,5-6H2. The van der Waals surface area contributed by atoms with E-state index in [1.807, 2.05) is 17.8 Å². The lowest BCUT2D eigenvalue weighted by Gasteiger charge is -2.13. The zero-order chi connectivity index (χ0) is 11.4. The average Bonchev–Trinajstić information content (AvgIpc) is 2.78. The Morgan fingerprint density at radius 3 is 2.94 bits per heavy atom. The first-order chi connectivity index (χ1) is 7.79. The first-order valence-corrected chi connectivity index (χ1v) is 6.98. The third kappa shape index (κ3) is 2.89. The zero-order valence-corrected chi connectivity index (χ0v) is 11.0. The van der Waals surface area contributed by atoms with Gasteiger partial charge in [0.2, 0.25) is 0 Å². The van der Waals surface area contributed by atoms with Crippen molar-refractivity contribution in [2.75, 3.05) is 5.33 Å². The quantitative estimate of drug-likeness (QED) is 0.778. The van der Waals surface area contributed by atoms with E-state index < -0.39 is 0 Å². The van der Waals surface area contributed by atoms with Gasteiger partial charge >= 0.3 is 0 Å². The van der Waals surface area contributed by atoms with Crippen LogP contribution in [0.4, 0.5) is 4.39 Å². The molecule has 0 aliphatic rings. The molecule has 0 spiro atoms. The fourth-order valence-electron chi connectivity index (χ4n) is 1.61.